The lowest BCUT2D eigenvalue weighted by Crippen LogP contribution is -2.04. The molecule has 0 spiro atoms. The van der Waals surface area contributed by atoms with E-state index in [-0.39, 0.29) is 11.1 Å². The molecule has 0 bridgehead atoms. The quantitative estimate of drug-likeness (QED) is 0.754. The smallest absolute Gasteiger partial charge is 0.226 e. The van der Waals surface area contributed by atoms with Crippen molar-refractivity contribution in [3.63, 3.8) is 0 Å². The number of rotatable bonds is 3. The van der Waals surface area contributed by atoms with Gasteiger partial charge in [-0.15, -0.1) is 0 Å². The molecule has 1 aromatic carbocycles. The SMILES string of the molecule is Cn1cnc2nc(Cl)nc(NCc3ccc(F)cc3)c21. The summed E-state index contributed by atoms with van der Waals surface area (Å²) in [6, 6.07) is 6.27. The van der Waals surface area contributed by atoms with Gasteiger partial charge in [0.25, 0.3) is 0 Å². The van der Waals surface area contributed by atoms with E-state index in [1.54, 1.807) is 18.5 Å². The van der Waals surface area contributed by atoms with E-state index in [0.29, 0.717) is 18.0 Å². The molecule has 0 amide bonds. The molecule has 0 aliphatic heterocycles. The molecule has 3 rings (SSSR count). The van der Waals surface area contributed by atoms with Crippen molar-refractivity contribution in [2.45, 2.75) is 6.54 Å². The largest absolute Gasteiger partial charge is 0.364 e. The molecule has 0 saturated heterocycles. The molecule has 102 valence electrons. The first kappa shape index (κ1) is 12.8. The van der Waals surface area contributed by atoms with Crippen molar-refractivity contribution in [1.29, 1.82) is 0 Å². The van der Waals surface area contributed by atoms with Crippen LogP contribution in [-0.4, -0.2) is 19.5 Å². The van der Waals surface area contributed by atoms with Crippen LogP contribution in [0.3, 0.4) is 0 Å². The van der Waals surface area contributed by atoms with Crippen LogP contribution in [0.1, 0.15) is 5.56 Å². The summed E-state index contributed by atoms with van der Waals surface area (Å²) in [5.74, 6) is 0.345. The average Bonchev–Trinajstić information content (AvgIpc) is 2.79. The van der Waals surface area contributed by atoms with Gasteiger partial charge in [-0.25, -0.2) is 9.37 Å². The summed E-state index contributed by atoms with van der Waals surface area (Å²) in [5.41, 5.74) is 2.25. The van der Waals surface area contributed by atoms with Crippen molar-refractivity contribution in [1.82, 2.24) is 19.5 Å². The lowest BCUT2D eigenvalue weighted by Gasteiger charge is -2.08. The molecule has 2 heterocycles. The summed E-state index contributed by atoms with van der Waals surface area (Å²) >= 11 is 5.87. The number of benzene rings is 1. The third kappa shape index (κ3) is 2.42. The van der Waals surface area contributed by atoms with E-state index in [9.17, 15) is 4.39 Å². The molecule has 5 nitrogen and oxygen atoms in total. The standard InChI is InChI=1S/C13H11ClFN5/c1-20-7-17-12-10(20)11(18-13(14)19-12)16-6-8-2-4-9(15)5-3-8/h2-5,7H,6H2,1H3,(H,16,18,19). The second kappa shape index (κ2) is 5.05. The van der Waals surface area contributed by atoms with E-state index in [2.05, 4.69) is 20.3 Å². The second-order valence-corrected chi connectivity index (χ2v) is 4.69. The first-order valence-electron chi connectivity index (χ1n) is 5.96. The number of fused-ring (bicyclic) bond motifs is 1. The average molecular weight is 292 g/mol. The highest BCUT2D eigenvalue weighted by molar-refractivity contribution is 6.28. The van der Waals surface area contributed by atoms with Crippen molar-refractivity contribution in [3.05, 3.63) is 47.3 Å². The van der Waals surface area contributed by atoms with Crippen molar-refractivity contribution >= 4 is 28.6 Å². The first-order valence-corrected chi connectivity index (χ1v) is 6.34. The van der Waals surface area contributed by atoms with E-state index in [4.69, 9.17) is 11.6 Å². The van der Waals surface area contributed by atoms with Gasteiger partial charge in [0.05, 0.1) is 6.33 Å². The molecule has 0 aliphatic rings. The third-order valence-electron chi connectivity index (χ3n) is 2.92. The molecule has 0 radical (unpaired) electrons. The van der Waals surface area contributed by atoms with Crippen LogP contribution in [0, 0.1) is 5.82 Å². The maximum absolute atomic E-state index is 12.9. The van der Waals surface area contributed by atoms with E-state index < -0.39 is 0 Å². The van der Waals surface area contributed by atoms with Gasteiger partial charge in [-0.1, -0.05) is 12.1 Å². The predicted octanol–water partition coefficient (Wildman–Crippen LogP) is 2.77. The Morgan fingerprint density at radius 2 is 2.00 bits per heavy atom. The fourth-order valence-electron chi connectivity index (χ4n) is 1.94. The molecular formula is C13H11ClFN5. The minimum absolute atomic E-state index is 0.137. The minimum Gasteiger partial charge on any atom is -0.364 e. The maximum Gasteiger partial charge on any atom is 0.226 e. The zero-order chi connectivity index (χ0) is 14.1. The van der Waals surface area contributed by atoms with E-state index in [0.717, 1.165) is 11.1 Å². The fraction of sp³-hybridized carbons (Fsp3) is 0.154. The Bertz CT molecular complexity index is 753. The Kier molecular flexibility index (Phi) is 3.23. The van der Waals surface area contributed by atoms with Gasteiger partial charge in [0, 0.05) is 13.6 Å². The van der Waals surface area contributed by atoms with Crippen LogP contribution in [0.25, 0.3) is 11.2 Å². The van der Waals surface area contributed by atoms with E-state index >= 15 is 0 Å². The number of hydrogen-bond donors (Lipinski definition) is 1. The van der Waals surface area contributed by atoms with Crippen molar-refractivity contribution in [2.24, 2.45) is 7.05 Å². The number of nitrogens with one attached hydrogen (secondary N) is 1. The van der Waals surface area contributed by atoms with Gasteiger partial charge in [-0.05, 0) is 29.3 Å². The van der Waals surface area contributed by atoms with Crippen LogP contribution in [-0.2, 0) is 13.6 Å². The Hall–Kier alpha value is -2.21. The number of imidazole rings is 1. The highest BCUT2D eigenvalue weighted by Crippen LogP contribution is 2.21. The molecule has 0 atom stereocenters. The highest BCUT2D eigenvalue weighted by Gasteiger charge is 2.10. The van der Waals surface area contributed by atoms with Gasteiger partial charge >= 0.3 is 0 Å². The molecule has 0 aliphatic carbocycles. The number of hydrogen-bond acceptors (Lipinski definition) is 4. The van der Waals surface area contributed by atoms with Crippen LogP contribution < -0.4 is 5.32 Å². The molecule has 3 aromatic rings. The van der Waals surface area contributed by atoms with Crippen LogP contribution in [0.2, 0.25) is 5.28 Å². The van der Waals surface area contributed by atoms with Gasteiger partial charge in [-0.2, -0.15) is 9.97 Å². The van der Waals surface area contributed by atoms with Gasteiger partial charge in [0.15, 0.2) is 11.5 Å². The number of aryl methyl sites for hydroxylation is 1. The summed E-state index contributed by atoms with van der Waals surface area (Å²) in [4.78, 5) is 12.4. The van der Waals surface area contributed by atoms with Crippen molar-refractivity contribution in [3.8, 4) is 0 Å². The molecule has 7 heteroatoms. The molecular weight excluding hydrogens is 281 g/mol. The van der Waals surface area contributed by atoms with Gasteiger partial charge < -0.3 is 9.88 Å². The van der Waals surface area contributed by atoms with E-state index in [1.807, 2.05) is 11.6 Å². The third-order valence-corrected chi connectivity index (χ3v) is 3.09. The first-order chi connectivity index (χ1) is 9.63. The summed E-state index contributed by atoms with van der Waals surface area (Å²) in [5, 5.41) is 3.31. The molecule has 0 fully saturated rings. The van der Waals surface area contributed by atoms with Gasteiger partial charge in [-0.3, -0.25) is 0 Å². The number of halogens is 2. The summed E-state index contributed by atoms with van der Waals surface area (Å²) < 4.78 is 14.7. The molecule has 0 unspecified atom stereocenters. The van der Waals surface area contributed by atoms with Crippen LogP contribution in [0.5, 0.6) is 0 Å². The predicted molar refractivity (Wildman–Crippen MR) is 75.0 cm³/mol. The number of aromatic nitrogens is 4. The summed E-state index contributed by atoms with van der Waals surface area (Å²) in [6.07, 6.45) is 1.65. The normalized spacial score (nSPS) is 10.9. The topological polar surface area (TPSA) is 55.6 Å². The summed E-state index contributed by atoms with van der Waals surface area (Å²) in [6.45, 7) is 0.508. The van der Waals surface area contributed by atoms with E-state index in [1.165, 1.54) is 12.1 Å². The molecule has 20 heavy (non-hydrogen) atoms. The molecule has 1 N–H and O–H groups in total. The number of nitrogens with zero attached hydrogens (tertiary/aromatic N) is 4. The Morgan fingerprint density at radius 1 is 1.25 bits per heavy atom. The van der Waals surface area contributed by atoms with Crippen molar-refractivity contribution in [2.75, 3.05) is 5.32 Å². The lowest BCUT2D eigenvalue weighted by atomic mass is 10.2. The Labute approximate surface area is 119 Å². The molecule has 2 aromatic heterocycles. The van der Waals surface area contributed by atoms with Crippen LogP contribution >= 0.6 is 11.6 Å². The van der Waals surface area contributed by atoms with Gasteiger partial charge in [0.2, 0.25) is 5.28 Å². The monoisotopic (exact) mass is 291 g/mol. The zero-order valence-corrected chi connectivity index (χ0v) is 11.4. The Balaban J connectivity index is 1.90. The minimum atomic E-state index is -0.257. The van der Waals surface area contributed by atoms with Crippen LogP contribution in [0.15, 0.2) is 30.6 Å². The molecule has 0 saturated carbocycles. The summed E-state index contributed by atoms with van der Waals surface area (Å²) in [7, 11) is 1.86. The van der Waals surface area contributed by atoms with Crippen molar-refractivity contribution < 1.29 is 4.39 Å². The second-order valence-electron chi connectivity index (χ2n) is 4.35. The van der Waals surface area contributed by atoms with Gasteiger partial charge in [0.1, 0.15) is 11.3 Å². The zero-order valence-electron chi connectivity index (χ0n) is 10.6. The maximum atomic E-state index is 12.9. The number of anilines is 1. The fourth-order valence-corrected chi connectivity index (χ4v) is 2.11. The Morgan fingerprint density at radius 3 is 2.75 bits per heavy atom. The highest BCUT2D eigenvalue weighted by atomic mass is 35.5. The lowest BCUT2D eigenvalue weighted by molar-refractivity contribution is 0.627. The van der Waals surface area contributed by atoms with Crippen LogP contribution in [0.4, 0.5) is 10.2 Å².